The van der Waals surface area contributed by atoms with Gasteiger partial charge in [-0.05, 0) is 78.6 Å². The van der Waals surface area contributed by atoms with Gasteiger partial charge >= 0.3 is 0 Å². The highest BCUT2D eigenvalue weighted by Crippen LogP contribution is 2.33. The topological polar surface area (TPSA) is 88.9 Å². The molecular formula is C28H33FN6O2. The summed E-state index contributed by atoms with van der Waals surface area (Å²) in [5, 5.41) is 13.8. The molecule has 0 spiro atoms. The molecule has 37 heavy (non-hydrogen) atoms. The van der Waals surface area contributed by atoms with Gasteiger partial charge in [0, 0.05) is 29.6 Å². The van der Waals surface area contributed by atoms with Gasteiger partial charge in [-0.15, -0.1) is 5.10 Å². The Hall–Kier alpha value is -3.59. The number of tetrazole rings is 1. The van der Waals surface area contributed by atoms with E-state index in [0.717, 1.165) is 47.3 Å². The van der Waals surface area contributed by atoms with Crippen molar-refractivity contribution in [1.82, 2.24) is 30.1 Å². The Morgan fingerprint density at radius 2 is 1.89 bits per heavy atom. The second-order valence-electron chi connectivity index (χ2n) is 9.68. The molecule has 1 aliphatic carbocycles. The van der Waals surface area contributed by atoms with Crippen molar-refractivity contribution < 1.29 is 9.13 Å². The van der Waals surface area contributed by atoms with Crippen LogP contribution in [0.2, 0.25) is 0 Å². The summed E-state index contributed by atoms with van der Waals surface area (Å²) >= 11 is 0. The SMILES string of the molecule is CCOc1ccc2[nH]c(=O)c(CN(Cc3ccc(F)cc3)C(CC)c3nnnn3C3CCCC3)cc2c1. The Balaban J connectivity index is 1.52. The smallest absolute Gasteiger partial charge is 0.252 e. The Morgan fingerprint density at radius 3 is 2.62 bits per heavy atom. The second-order valence-corrected chi connectivity index (χ2v) is 9.68. The molecule has 194 valence electrons. The second kappa shape index (κ2) is 11.2. The van der Waals surface area contributed by atoms with E-state index in [1.165, 1.54) is 25.0 Å². The number of fused-ring (bicyclic) bond motifs is 1. The molecule has 9 heteroatoms. The fourth-order valence-electron chi connectivity index (χ4n) is 5.36. The third-order valence-corrected chi connectivity index (χ3v) is 7.19. The Bertz CT molecular complexity index is 1390. The van der Waals surface area contributed by atoms with Gasteiger partial charge < -0.3 is 9.72 Å². The summed E-state index contributed by atoms with van der Waals surface area (Å²) in [5.41, 5.74) is 2.22. The molecule has 2 aromatic heterocycles. The predicted molar refractivity (Wildman–Crippen MR) is 140 cm³/mol. The van der Waals surface area contributed by atoms with Crippen LogP contribution in [0.4, 0.5) is 4.39 Å². The number of rotatable bonds is 10. The van der Waals surface area contributed by atoms with E-state index in [1.54, 1.807) is 12.1 Å². The fraction of sp³-hybridized carbons (Fsp3) is 0.429. The van der Waals surface area contributed by atoms with Crippen molar-refractivity contribution in [3.8, 4) is 5.75 Å². The number of pyridine rings is 1. The van der Waals surface area contributed by atoms with Crippen molar-refractivity contribution in [2.45, 2.75) is 71.1 Å². The van der Waals surface area contributed by atoms with E-state index in [4.69, 9.17) is 4.74 Å². The summed E-state index contributed by atoms with van der Waals surface area (Å²) in [5.74, 6) is 1.30. The van der Waals surface area contributed by atoms with Gasteiger partial charge in [0.25, 0.3) is 5.56 Å². The van der Waals surface area contributed by atoms with Crippen molar-refractivity contribution in [3.63, 3.8) is 0 Å². The van der Waals surface area contributed by atoms with Crippen LogP contribution in [0.3, 0.4) is 0 Å². The van der Waals surface area contributed by atoms with E-state index in [1.807, 2.05) is 35.9 Å². The minimum atomic E-state index is -0.274. The lowest BCUT2D eigenvalue weighted by atomic mass is 10.1. The first kappa shape index (κ1) is 25.1. The summed E-state index contributed by atoms with van der Waals surface area (Å²) in [6.45, 7) is 5.53. The highest BCUT2D eigenvalue weighted by Gasteiger charge is 2.29. The van der Waals surface area contributed by atoms with Crippen molar-refractivity contribution in [2.24, 2.45) is 0 Å². The van der Waals surface area contributed by atoms with E-state index in [0.29, 0.717) is 31.3 Å². The van der Waals surface area contributed by atoms with E-state index < -0.39 is 0 Å². The molecule has 4 aromatic rings. The quantitative estimate of drug-likeness (QED) is 0.314. The van der Waals surface area contributed by atoms with Crippen LogP contribution >= 0.6 is 0 Å². The average molecular weight is 505 g/mol. The zero-order valence-electron chi connectivity index (χ0n) is 21.4. The number of nitrogens with one attached hydrogen (secondary N) is 1. The van der Waals surface area contributed by atoms with Crippen LogP contribution in [0.5, 0.6) is 5.75 Å². The minimum Gasteiger partial charge on any atom is -0.494 e. The molecule has 1 saturated carbocycles. The zero-order valence-corrected chi connectivity index (χ0v) is 21.4. The maximum atomic E-state index is 13.6. The molecule has 0 amide bonds. The van der Waals surface area contributed by atoms with Crippen LogP contribution in [0.25, 0.3) is 10.9 Å². The average Bonchev–Trinajstić information content (AvgIpc) is 3.59. The maximum Gasteiger partial charge on any atom is 0.252 e. The molecule has 0 saturated heterocycles. The monoisotopic (exact) mass is 504 g/mol. The predicted octanol–water partition coefficient (Wildman–Crippen LogP) is 5.32. The molecule has 2 aromatic carbocycles. The van der Waals surface area contributed by atoms with Crippen molar-refractivity contribution in [2.75, 3.05) is 6.61 Å². The number of hydrogen-bond donors (Lipinski definition) is 1. The summed E-state index contributed by atoms with van der Waals surface area (Å²) in [6, 6.07) is 14.3. The number of ether oxygens (including phenoxy) is 1. The van der Waals surface area contributed by atoms with E-state index in [2.05, 4.69) is 32.3 Å². The third kappa shape index (κ3) is 5.56. The first-order chi connectivity index (χ1) is 18.1. The Morgan fingerprint density at radius 1 is 1.11 bits per heavy atom. The normalized spacial score (nSPS) is 15.0. The van der Waals surface area contributed by atoms with Crippen molar-refractivity contribution in [3.05, 3.63) is 81.7 Å². The summed E-state index contributed by atoms with van der Waals surface area (Å²) < 4.78 is 21.3. The standard InChI is InChI=1S/C28H33FN6O2/c1-3-26(27-31-32-33-35(27)23-7-5-6-8-23)34(17-19-9-11-22(29)12-10-19)18-21-15-20-16-24(37-4-2)13-14-25(20)30-28(21)36/h9-16,23,26H,3-8,17-18H2,1-2H3,(H,30,36). The molecule has 5 rings (SSSR count). The van der Waals surface area contributed by atoms with Crippen LogP contribution in [0.15, 0.2) is 53.3 Å². The molecule has 1 unspecified atom stereocenters. The summed E-state index contributed by atoms with van der Waals surface area (Å²) in [7, 11) is 0. The van der Waals surface area contributed by atoms with Gasteiger partial charge in [-0.1, -0.05) is 31.9 Å². The van der Waals surface area contributed by atoms with Crippen LogP contribution in [0, 0.1) is 5.82 Å². The van der Waals surface area contributed by atoms with E-state index in [9.17, 15) is 9.18 Å². The zero-order chi connectivity index (χ0) is 25.8. The first-order valence-corrected chi connectivity index (χ1v) is 13.1. The summed E-state index contributed by atoms with van der Waals surface area (Å²) in [6.07, 6.45) is 5.25. The molecule has 1 fully saturated rings. The lowest BCUT2D eigenvalue weighted by Crippen LogP contribution is -2.32. The van der Waals surface area contributed by atoms with Gasteiger partial charge in [0.05, 0.1) is 18.7 Å². The van der Waals surface area contributed by atoms with Gasteiger partial charge in [-0.25, -0.2) is 9.07 Å². The van der Waals surface area contributed by atoms with E-state index in [-0.39, 0.29) is 17.4 Å². The minimum absolute atomic E-state index is 0.120. The molecule has 0 bridgehead atoms. The Labute approximate surface area is 215 Å². The van der Waals surface area contributed by atoms with Gasteiger partial charge in [-0.2, -0.15) is 0 Å². The molecule has 1 atom stereocenters. The molecule has 0 aliphatic heterocycles. The van der Waals surface area contributed by atoms with Gasteiger partial charge in [0.2, 0.25) is 0 Å². The lowest BCUT2D eigenvalue weighted by molar-refractivity contribution is 0.158. The number of aromatic amines is 1. The number of hydrogen-bond acceptors (Lipinski definition) is 6. The number of benzene rings is 2. The number of nitrogens with zero attached hydrogens (tertiary/aromatic N) is 5. The van der Waals surface area contributed by atoms with Crippen molar-refractivity contribution in [1.29, 1.82) is 0 Å². The number of H-pyrrole nitrogens is 1. The molecule has 1 N–H and O–H groups in total. The molecule has 2 heterocycles. The van der Waals surface area contributed by atoms with E-state index >= 15 is 0 Å². The van der Waals surface area contributed by atoms with Crippen LogP contribution in [0.1, 0.15) is 75.0 Å². The van der Waals surface area contributed by atoms with Gasteiger partial charge in [0.1, 0.15) is 11.6 Å². The molecule has 0 radical (unpaired) electrons. The molecular weight excluding hydrogens is 471 g/mol. The molecule has 8 nitrogen and oxygen atoms in total. The number of halogens is 1. The van der Waals surface area contributed by atoms with Crippen LogP contribution < -0.4 is 10.3 Å². The first-order valence-electron chi connectivity index (χ1n) is 13.1. The lowest BCUT2D eigenvalue weighted by Gasteiger charge is -2.31. The van der Waals surface area contributed by atoms with Gasteiger partial charge in [-0.3, -0.25) is 9.69 Å². The van der Waals surface area contributed by atoms with Crippen molar-refractivity contribution >= 4 is 10.9 Å². The largest absolute Gasteiger partial charge is 0.494 e. The Kier molecular flexibility index (Phi) is 7.60. The maximum absolute atomic E-state index is 13.6. The number of aromatic nitrogens is 5. The van der Waals surface area contributed by atoms with Gasteiger partial charge in [0.15, 0.2) is 5.82 Å². The summed E-state index contributed by atoms with van der Waals surface area (Å²) in [4.78, 5) is 18.4. The van der Waals surface area contributed by atoms with Crippen LogP contribution in [-0.4, -0.2) is 36.7 Å². The highest BCUT2D eigenvalue weighted by atomic mass is 19.1. The third-order valence-electron chi connectivity index (χ3n) is 7.19. The van der Waals surface area contributed by atoms with Crippen LogP contribution in [-0.2, 0) is 13.1 Å². The fourth-order valence-corrected chi connectivity index (χ4v) is 5.36. The molecule has 1 aliphatic rings. The highest BCUT2D eigenvalue weighted by molar-refractivity contribution is 5.80.